The van der Waals surface area contributed by atoms with E-state index in [2.05, 4.69) is 77.2 Å². The van der Waals surface area contributed by atoms with Gasteiger partial charge in [0.1, 0.15) is 0 Å². The van der Waals surface area contributed by atoms with Gasteiger partial charge in [-0.2, -0.15) is 0 Å². The fraction of sp³-hybridized carbons (Fsp3) is 0.609. The number of aryl methyl sites for hydroxylation is 1. The first-order valence-corrected chi connectivity index (χ1v) is 11.0. The molecule has 0 fully saturated rings. The molecule has 29 heavy (non-hydrogen) atoms. The summed E-state index contributed by atoms with van der Waals surface area (Å²) < 4.78 is 0. The van der Waals surface area contributed by atoms with E-state index < -0.39 is 0 Å². The summed E-state index contributed by atoms with van der Waals surface area (Å²) in [4.78, 5) is 7.15. The van der Waals surface area contributed by atoms with Gasteiger partial charge in [-0.3, -0.25) is 10.9 Å². The summed E-state index contributed by atoms with van der Waals surface area (Å²) in [6.07, 6.45) is 7.55. The van der Waals surface area contributed by atoms with Gasteiger partial charge in [-0.25, -0.2) is 4.98 Å². The third-order valence-electron chi connectivity index (χ3n) is 5.98. The molecule has 2 rings (SSSR count). The summed E-state index contributed by atoms with van der Waals surface area (Å²) in [6.45, 7) is 7.95. The van der Waals surface area contributed by atoms with Crippen LogP contribution in [0.25, 0.3) is 0 Å². The molecule has 2 aromatic rings. The number of anilines is 1. The van der Waals surface area contributed by atoms with Crippen molar-refractivity contribution in [1.29, 1.82) is 0 Å². The van der Waals surface area contributed by atoms with Crippen LogP contribution >= 0.6 is 0 Å². The van der Waals surface area contributed by atoms with E-state index in [1.807, 2.05) is 13.2 Å². The van der Waals surface area contributed by atoms with E-state index in [0.717, 1.165) is 31.5 Å². The molecule has 0 aliphatic rings. The molecule has 1 heterocycles. The second-order valence-electron chi connectivity index (χ2n) is 8.27. The summed E-state index contributed by atoms with van der Waals surface area (Å²) in [6, 6.07) is 11.6. The van der Waals surface area contributed by atoms with E-state index in [-0.39, 0.29) is 0 Å². The monoisotopic (exact) mass is 400 g/mol. The van der Waals surface area contributed by atoms with E-state index in [9.17, 15) is 0 Å². The molecule has 4 atom stereocenters. The van der Waals surface area contributed by atoms with Crippen molar-refractivity contribution in [3.05, 3.63) is 47.8 Å². The highest BCUT2D eigenvalue weighted by Gasteiger charge is 2.19. The van der Waals surface area contributed by atoms with Crippen molar-refractivity contribution in [3.63, 3.8) is 0 Å². The zero-order valence-corrected chi connectivity index (χ0v) is 18.5. The van der Waals surface area contributed by atoms with Crippen LogP contribution in [0.4, 0.5) is 5.95 Å². The van der Waals surface area contributed by atoms with Crippen LogP contribution in [0.15, 0.2) is 36.5 Å². The first-order valence-electron chi connectivity index (χ1n) is 11.0. The first kappa shape index (κ1) is 23.4. The smallest absolute Gasteiger partial charge is 0.197 e. The molecule has 1 aromatic heterocycles. The zero-order chi connectivity index (χ0) is 21.1. The van der Waals surface area contributed by atoms with Gasteiger partial charge >= 0.3 is 0 Å². The number of nitrogens with zero attached hydrogens (tertiary/aromatic N) is 1. The van der Waals surface area contributed by atoms with Crippen molar-refractivity contribution in [3.8, 4) is 0 Å². The highest BCUT2D eigenvalue weighted by molar-refractivity contribution is 5.19. The fourth-order valence-electron chi connectivity index (χ4n) is 3.77. The minimum absolute atomic E-state index is 0.403. The van der Waals surface area contributed by atoms with Gasteiger partial charge in [-0.15, -0.1) is 0 Å². The maximum atomic E-state index is 5.63. The number of rotatable bonds is 14. The molecule has 6 N–H and O–H groups in total. The minimum atomic E-state index is 0.403. The van der Waals surface area contributed by atoms with Crippen LogP contribution in [0.1, 0.15) is 63.6 Å². The molecule has 0 saturated carbocycles. The predicted octanol–water partition coefficient (Wildman–Crippen LogP) is 3.61. The standard InChI is InChI=1S/C23H40N6/c1-17(18(2)20-11-7-5-8-12-20)15-26-19(3)22(29-25-4)14-10-6-9-13-21-16-27-23(24)28-21/h5,7-8,11-12,16-19,22,25-26,29H,6,9-10,13-15H2,1-4H3,(H3,24,27,28). The number of aromatic amines is 1. The van der Waals surface area contributed by atoms with Crippen molar-refractivity contribution >= 4 is 5.95 Å². The second kappa shape index (κ2) is 12.6. The number of nitrogens with one attached hydrogen (secondary N) is 4. The summed E-state index contributed by atoms with van der Waals surface area (Å²) in [5.74, 6) is 1.63. The lowest BCUT2D eigenvalue weighted by Crippen LogP contribution is -2.51. The average Bonchev–Trinajstić information content (AvgIpc) is 3.15. The third-order valence-corrected chi connectivity index (χ3v) is 5.98. The Balaban J connectivity index is 1.69. The SMILES string of the molecule is CNNC(CCCCCc1cnc(N)[nH]1)C(C)NCC(C)C(C)c1ccccc1. The van der Waals surface area contributed by atoms with E-state index in [4.69, 9.17) is 5.73 Å². The van der Waals surface area contributed by atoms with Gasteiger partial charge in [0.25, 0.3) is 0 Å². The summed E-state index contributed by atoms with van der Waals surface area (Å²) >= 11 is 0. The van der Waals surface area contributed by atoms with Crippen LogP contribution in [-0.4, -0.2) is 35.6 Å². The number of hydrazine groups is 1. The van der Waals surface area contributed by atoms with Crippen LogP contribution in [0.2, 0.25) is 0 Å². The minimum Gasteiger partial charge on any atom is -0.369 e. The molecule has 0 bridgehead atoms. The normalized spacial score (nSPS) is 15.7. The Morgan fingerprint density at radius 2 is 1.83 bits per heavy atom. The molecule has 6 heteroatoms. The maximum absolute atomic E-state index is 5.63. The molecule has 1 aromatic carbocycles. The number of imidazole rings is 1. The number of benzene rings is 1. The number of nitrogen functional groups attached to an aromatic ring is 1. The van der Waals surface area contributed by atoms with Crippen molar-refractivity contribution in [2.45, 2.75) is 70.9 Å². The molecular weight excluding hydrogens is 360 g/mol. The molecule has 6 nitrogen and oxygen atoms in total. The van der Waals surface area contributed by atoms with E-state index in [1.54, 1.807) is 0 Å². The highest BCUT2D eigenvalue weighted by Crippen LogP contribution is 2.23. The number of H-pyrrole nitrogens is 1. The number of unbranched alkanes of at least 4 members (excludes halogenated alkanes) is 2. The molecule has 0 spiro atoms. The van der Waals surface area contributed by atoms with Crippen LogP contribution in [0, 0.1) is 5.92 Å². The Kier molecular flexibility index (Phi) is 10.2. The summed E-state index contributed by atoms with van der Waals surface area (Å²) in [5, 5.41) is 3.76. The highest BCUT2D eigenvalue weighted by atomic mass is 15.4. The van der Waals surface area contributed by atoms with Gasteiger partial charge in [-0.1, -0.05) is 57.0 Å². The van der Waals surface area contributed by atoms with Crippen LogP contribution in [-0.2, 0) is 6.42 Å². The lowest BCUT2D eigenvalue weighted by molar-refractivity contribution is 0.315. The largest absolute Gasteiger partial charge is 0.369 e. The van der Waals surface area contributed by atoms with Crippen molar-refractivity contribution in [2.75, 3.05) is 19.3 Å². The van der Waals surface area contributed by atoms with Gasteiger partial charge in [0.05, 0.1) is 6.20 Å². The van der Waals surface area contributed by atoms with Crippen molar-refractivity contribution in [2.24, 2.45) is 5.92 Å². The second-order valence-corrected chi connectivity index (χ2v) is 8.27. The predicted molar refractivity (Wildman–Crippen MR) is 123 cm³/mol. The Hall–Kier alpha value is -1.89. The van der Waals surface area contributed by atoms with Gasteiger partial charge < -0.3 is 16.0 Å². The lowest BCUT2D eigenvalue weighted by atomic mass is 9.88. The van der Waals surface area contributed by atoms with Crippen LogP contribution < -0.4 is 21.9 Å². The van der Waals surface area contributed by atoms with Gasteiger partial charge in [0.2, 0.25) is 0 Å². The van der Waals surface area contributed by atoms with Gasteiger partial charge in [-0.05, 0) is 57.2 Å². The van der Waals surface area contributed by atoms with Gasteiger partial charge in [0.15, 0.2) is 5.95 Å². The molecular formula is C23H40N6. The molecule has 0 radical (unpaired) electrons. The first-order chi connectivity index (χ1) is 14.0. The number of nitrogens with two attached hydrogens (primary N) is 1. The number of aromatic nitrogens is 2. The van der Waals surface area contributed by atoms with Crippen LogP contribution in [0.5, 0.6) is 0 Å². The van der Waals surface area contributed by atoms with E-state index in [0.29, 0.717) is 29.9 Å². The Labute approximate surface area is 176 Å². The summed E-state index contributed by atoms with van der Waals surface area (Å²) in [5.41, 5.74) is 14.7. The summed E-state index contributed by atoms with van der Waals surface area (Å²) in [7, 11) is 1.95. The Morgan fingerprint density at radius 3 is 2.48 bits per heavy atom. The topological polar surface area (TPSA) is 90.8 Å². The Morgan fingerprint density at radius 1 is 1.07 bits per heavy atom. The molecule has 0 saturated heterocycles. The Bertz CT molecular complexity index is 671. The van der Waals surface area contributed by atoms with Crippen molar-refractivity contribution in [1.82, 2.24) is 26.1 Å². The number of hydrogen-bond donors (Lipinski definition) is 5. The molecule has 0 aliphatic carbocycles. The molecule has 162 valence electrons. The zero-order valence-electron chi connectivity index (χ0n) is 18.5. The van der Waals surface area contributed by atoms with E-state index in [1.165, 1.54) is 18.4 Å². The van der Waals surface area contributed by atoms with E-state index >= 15 is 0 Å². The van der Waals surface area contributed by atoms with Crippen LogP contribution in [0.3, 0.4) is 0 Å². The molecule has 0 aliphatic heterocycles. The average molecular weight is 401 g/mol. The fourth-order valence-corrected chi connectivity index (χ4v) is 3.77. The third kappa shape index (κ3) is 8.17. The van der Waals surface area contributed by atoms with Crippen molar-refractivity contribution < 1.29 is 0 Å². The molecule has 0 amide bonds. The quantitative estimate of drug-likeness (QED) is 0.247. The number of hydrogen-bond acceptors (Lipinski definition) is 5. The lowest BCUT2D eigenvalue weighted by Gasteiger charge is -2.29. The van der Waals surface area contributed by atoms with Gasteiger partial charge in [0, 0.05) is 17.8 Å². The molecule has 4 unspecified atom stereocenters. The maximum Gasteiger partial charge on any atom is 0.197 e.